The zero-order valence-electron chi connectivity index (χ0n) is 9.90. The highest BCUT2D eigenvalue weighted by Crippen LogP contribution is 2.13. The molecule has 0 aliphatic rings. The molecule has 0 aliphatic carbocycles. The van der Waals surface area contributed by atoms with Gasteiger partial charge in [0.1, 0.15) is 5.82 Å². The van der Waals surface area contributed by atoms with Crippen molar-refractivity contribution in [1.82, 2.24) is 14.7 Å². The first kappa shape index (κ1) is 13.2. The Kier molecular flexibility index (Phi) is 4.49. The first-order valence-electron chi connectivity index (χ1n) is 5.44. The molecule has 1 rings (SSSR count). The molecule has 0 spiro atoms. The van der Waals surface area contributed by atoms with Gasteiger partial charge >= 0.3 is 0 Å². The van der Waals surface area contributed by atoms with Crippen molar-refractivity contribution in [3.63, 3.8) is 0 Å². The summed E-state index contributed by atoms with van der Waals surface area (Å²) < 4.78 is 26.2. The fourth-order valence-electron chi connectivity index (χ4n) is 1.50. The summed E-state index contributed by atoms with van der Waals surface area (Å²) in [6.45, 7) is 5.69. The Hall–Kier alpha value is -0.880. The smallest absolute Gasteiger partial charge is 0.212 e. The minimum atomic E-state index is -3.23. The van der Waals surface area contributed by atoms with E-state index in [0.29, 0.717) is 12.2 Å². The van der Waals surface area contributed by atoms with Crippen LogP contribution < -0.4 is 4.72 Å². The number of aromatic amines is 1. The summed E-state index contributed by atoms with van der Waals surface area (Å²) in [6.07, 6.45) is 3.98. The molecule has 0 aromatic carbocycles. The van der Waals surface area contributed by atoms with E-state index >= 15 is 0 Å². The predicted octanol–water partition coefficient (Wildman–Crippen LogP) is 1.44. The Morgan fingerprint density at radius 3 is 2.62 bits per heavy atom. The molecule has 1 aromatic rings. The van der Waals surface area contributed by atoms with Crippen LogP contribution in [0.15, 0.2) is 12.4 Å². The second-order valence-corrected chi connectivity index (χ2v) is 6.03. The van der Waals surface area contributed by atoms with Crippen LogP contribution in [0.25, 0.3) is 0 Å². The number of nitrogens with one attached hydrogen (secondary N) is 2. The molecule has 5 nitrogen and oxygen atoms in total. The first-order valence-corrected chi connectivity index (χ1v) is 7.09. The van der Waals surface area contributed by atoms with Crippen LogP contribution in [0.4, 0.5) is 0 Å². The van der Waals surface area contributed by atoms with E-state index in [1.807, 2.05) is 20.8 Å². The summed E-state index contributed by atoms with van der Waals surface area (Å²) in [7, 11) is -3.23. The van der Waals surface area contributed by atoms with Crippen LogP contribution in [0, 0.1) is 5.92 Å². The molecule has 1 heterocycles. The molecule has 0 aliphatic heterocycles. The summed E-state index contributed by atoms with van der Waals surface area (Å²) in [5, 5.41) is 0. The van der Waals surface area contributed by atoms with Gasteiger partial charge in [0.2, 0.25) is 10.0 Å². The number of sulfonamides is 1. The lowest BCUT2D eigenvalue weighted by atomic mass is 10.2. The Morgan fingerprint density at radius 2 is 2.19 bits per heavy atom. The number of nitrogens with zero attached hydrogens (tertiary/aromatic N) is 1. The molecule has 16 heavy (non-hydrogen) atoms. The van der Waals surface area contributed by atoms with Gasteiger partial charge in [-0.3, -0.25) is 0 Å². The van der Waals surface area contributed by atoms with Gasteiger partial charge in [0.15, 0.2) is 0 Å². The average molecular weight is 245 g/mol. The number of aromatic nitrogens is 2. The van der Waals surface area contributed by atoms with Crippen molar-refractivity contribution in [2.24, 2.45) is 5.92 Å². The van der Waals surface area contributed by atoms with Crippen molar-refractivity contribution >= 4 is 10.0 Å². The Balaban J connectivity index is 2.71. The molecular weight excluding hydrogens is 226 g/mol. The monoisotopic (exact) mass is 245 g/mol. The second kappa shape index (κ2) is 5.45. The number of H-pyrrole nitrogens is 1. The van der Waals surface area contributed by atoms with Crippen molar-refractivity contribution in [1.29, 1.82) is 0 Å². The summed E-state index contributed by atoms with van der Waals surface area (Å²) in [5.74, 6) is 0.922. The van der Waals surface area contributed by atoms with Gasteiger partial charge in [-0.2, -0.15) is 0 Å². The van der Waals surface area contributed by atoms with Crippen LogP contribution in [0.1, 0.15) is 39.1 Å². The predicted molar refractivity (Wildman–Crippen MR) is 63.4 cm³/mol. The molecule has 0 radical (unpaired) electrons. The Morgan fingerprint density at radius 1 is 1.50 bits per heavy atom. The Labute approximate surface area is 96.7 Å². The van der Waals surface area contributed by atoms with Crippen molar-refractivity contribution in [3.05, 3.63) is 18.2 Å². The number of hydrogen-bond donors (Lipinski definition) is 2. The van der Waals surface area contributed by atoms with E-state index < -0.39 is 10.0 Å². The van der Waals surface area contributed by atoms with Crippen LogP contribution in [0.2, 0.25) is 0 Å². The quantitative estimate of drug-likeness (QED) is 0.796. The van der Waals surface area contributed by atoms with Crippen molar-refractivity contribution in [2.75, 3.05) is 5.75 Å². The minimum absolute atomic E-state index is 0.117. The van der Waals surface area contributed by atoms with E-state index in [1.54, 1.807) is 12.4 Å². The van der Waals surface area contributed by atoms with Gasteiger partial charge in [-0.05, 0) is 12.3 Å². The van der Waals surface area contributed by atoms with Gasteiger partial charge in [-0.1, -0.05) is 20.8 Å². The van der Waals surface area contributed by atoms with Gasteiger partial charge in [0.25, 0.3) is 0 Å². The molecule has 6 heteroatoms. The lowest BCUT2D eigenvalue weighted by Crippen LogP contribution is -2.32. The summed E-state index contributed by atoms with van der Waals surface area (Å²) in [6, 6.07) is -0.265. The second-order valence-electron chi connectivity index (χ2n) is 4.23. The van der Waals surface area contributed by atoms with E-state index in [-0.39, 0.29) is 17.7 Å². The molecule has 92 valence electrons. The van der Waals surface area contributed by atoms with Gasteiger partial charge in [-0.25, -0.2) is 18.1 Å². The first-order chi connectivity index (χ1) is 7.44. The number of hydrogen-bond acceptors (Lipinski definition) is 3. The largest absolute Gasteiger partial charge is 0.347 e. The molecule has 1 unspecified atom stereocenters. The third kappa shape index (κ3) is 3.94. The lowest BCUT2D eigenvalue weighted by molar-refractivity contribution is 0.530. The van der Waals surface area contributed by atoms with E-state index in [0.717, 1.165) is 0 Å². The van der Waals surface area contributed by atoms with Crippen molar-refractivity contribution in [3.8, 4) is 0 Å². The molecule has 2 N–H and O–H groups in total. The molecule has 0 saturated heterocycles. The van der Waals surface area contributed by atoms with E-state index in [1.165, 1.54) is 0 Å². The molecular formula is C10H19N3O2S. The highest BCUT2D eigenvalue weighted by atomic mass is 32.2. The zero-order chi connectivity index (χ0) is 12.2. The standard InChI is InChI=1S/C10H19N3O2S/c1-4-9(10-11-5-6-12-10)13-16(14,15)7-8(2)3/h5-6,8-9,13H,4,7H2,1-3H3,(H,11,12). The summed E-state index contributed by atoms with van der Waals surface area (Å²) >= 11 is 0. The molecule has 0 bridgehead atoms. The summed E-state index contributed by atoms with van der Waals surface area (Å²) in [4.78, 5) is 6.99. The SMILES string of the molecule is CCC(NS(=O)(=O)CC(C)C)c1ncc[nH]1. The van der Waals surface area contributed by atoms with Crippen LogP contribution in [-0.2, 0) is 10.0 Å². The van der Waals surface area contributed by atoms with Crippen LogP contribution in [0.3, 0.4) is 0 Å². The topological polar surface area (TPSA) is 74.8 Å². The minimum Gasteiger partial charge on any atom is -0.347 e. The van der Waals surface area contributed by atoms with E-state index in [9.17, 15) is 8.42 Å². The third-order valence-corrected chi connectivity index (χ3v) is 3.88. The summed E-state index contributed by atoms with van der Waals surface area (Å²) in [5.41, 5.74) is 0. The van der Waals surface area contributed by atoms with Gasteiger partial charge in [0, 0.05) is 12.4 Å². The van der Waals surface area contributed by atoms with Crippen LogP contribution in [0.5, 0.6) is 0 Å². The average Bonchev–Trinajstić information content (AvgIpc) is 2.64. The van der Waals surface area contributed by atoms with E-state index in [2.05, 4.69) is 14.7 Å². The number of rotatable bonds is 6. The number of imidazole rings is 1. The molecule has 0 saturated carbocycles. The fourth-order valence-corrected chi connectivity index (χ4v) is 3.19. The normalized spacial score (nSPS) is 14.2. The molecule has 1 atom stereocenters. The van der Waals surface area contributed by atoms with Gasteiger partial charge in [-0.15, -0.1) is 0 Å². The van der Waals surface area contributed by atoms with Crippen LogP contribution in [-0.4, -0.2) is 24.1 Å². The highest BCUT2D eigenvalue weighted by molar-refractivity contribution is 7.89. The highest BCUT2D eigenvalue weighted by Gasteiger charge is 2.20. The van der Waals surface area contributed by atoms with E-state index in [4.69, 9.17) is 0 Å². The molecule has 0 amide bonds. The molecule has 1 aromatic heterocycles. The lowest BCUT2D eigenvalue weighted by Gasteiger charge is -2.15. The maximum atomic E-state index is 11.8. The maximum Gasteiger partial charge on any atom is 0.212 e. The molecule has 0 fully saturated rings. The van der Waals surface area contributed by atoms with Crippen molar-refractivity contribution < 1.29 is 8.42 Å². The van der Waals surface area contributed by atoms with Crippen LogP contribution >= 0.6 is 0 Å². The van der Waals surface area contributed by atoms with Gasteiger partial charge in [0.05, 0.1) is 11.8 Å². The van der Waals surface area contributed by atoms with Crippen molar-refractivity contribution in [2.45, 2.75) is 33.2 Å². The Bertz CT molecular complexity index is 398. The maximum absolute atomic E-state index is 11.8. The fraction of sp³-hybridized carbons (Fsp3) is 0.700. The zero-order valence-corrected chi connectivity index (χ0v) is 10.7. The van der Waals surface area contributed by atoms with Gasteiger partial charge < -0.3 is 4.98 Å². The third-order valence-electron chi connectivity index (χ3n) is 2.13.